The van der Waals surface area contributed by atoms with Gasteiger partial charge < -0.3 is 4.74 Å². The number of non-ortho nitro benzene ring substituents is 1. The van der Waals surface area contributed by atoms with Gasteiger partial charge in [-0.1, -0.05) is 61.5 Å². The van der Waals surface area contributed by atoms with Gasteiger partial charge in [-0.25, -0.2) is 0 Å². The van der Waals surface area contributed by atoms with Gasteiger partial charge >= 0.3 is 0 Å². The van der Waals surface area contributed by atoms with Crippen LogP contribution in [0.3, 0.4) is 0 Å². The third kappa shape index (κ3) is 5.25. The first kappa shape index (κ1) is 25.7. The van der Waals surface area contributed by atoms with E-state index in [1.54, 1.807) is 30.3 Å². The van der Waals surface area contributed by atoms with E-state index in [1.165, 1.54) is 23.1 Å². The number of rotatable bonds is 7. The minimum absolute atomic E-state index is 0.00598. The number of aryl methyl sites for hydroxylation is 1. The Balaban J connectivity index is 1.55. The van der Waals surface area contributed by atoms with Gasteiger partial charge in [0, 0.05) is 17.7 Å². The van der Waals surface area contributed by atoms with E-state index in [-0.39, 0.29) is 23.0 Å². The number of anilines is 1. The average Bonchev–Trinajstić information content (AvgIpc) is 2.94. The number of nitro benzene ring substituents is 1. The summed E-state index contributed by atoms with van der Waals surface area (Å²) in [4.78, 5) is 38.7. The van der Waals surface area contributed by atoms with Gasteiger partial charge in [0.15, 0.2) is 5.11 Å². The zero-order valence-electron chi connectivity index (χ0n) is 20.9. The van der Waals surface area contributed by atoms with Crippen LogP contribution in [0, 0.1) is 10.1 Å². The molecule has 39 heavy (non-hydrogen) atoms. The van der Waals surface area contributed by atoms with E-state index in [9.17, 15) is 19.7 Å². The average molecular weight is 538 g/mol. The smallest absolute Gasteiger partial charge is 0.270 e. The number of carbonyl (C=O) groups is 2. The monoisotopic (exact) mass is 537 g/mol. The van der Waals surface area contributed by atoms with E-state index in [4.69, 9.17) is 17.0 Å². The third-order valence-corrected chi connectivity index (χ3v) is 6.72. The Bertz CT molecular complexity index is 1660. The van der Waals surface area contributed by atoms with Crippen LogP contribution in [0.25, 0.3) is 16.8 Å². The van der Waals surface area contributed by atoms with Crippen LogP contribution >= 0.6 is 12.2 Å². The minimum Gasteiger partial charge on any atom is -0.488 e. The highest BCUT2D eigenvalue weighted by Crippen LogP contribution is 2.32. The highest BCUT2D eigenvalue weighted by Gasteiger charge is 2.34. The topological polar surface area (TPSA) is 102 Å². The van der Waals surface area contributed by atoms with Gasteiger partial charge in [0.25, 0.3) is 17.5 Å². The molecule has 4 aromatic carbocycles. The maximum atomic E-state index is 13.6. The summed E-state index contributed by atoms with van der Waals surface area (Å²) in [5.74, 6) is -0.741. The van der Waals surface area contributed by atoms with Crippen molar-refractivity contribution in [2.45, 2.75) is 20.0 Å². The van der Waals surface area contributed by atoms with E-state index < -0.39 is 16.7 Å². The summed E-state index contributed by atoms with van der Waals surface area (Å²) in [6, 6.07) is 24.8. The number of nitrogens with one attached hydrogen (secondary N) is 1. The van der Waals surface area contributed by atoms with Crippen molar-refractivity contribution in [1.82, 2.24) is 5.32 Å². The van der Waals surface area contributed by atoms with Crippen molar-refractivity contribution in [1.29, 1.82) is 0 Å². The molecule has 1 aliphatic heterocycles. The van der Waals surface area contributed by atoms with E-state index >= 15 is 0 Å². The third-order valence-electron chi connectivity index (χ3n) is 6.44. The van der Waals surface area contributed by atoms with Crippen molar-refractivity contribution in [3.05, 3.63) is 117 Å². The molecule has 0 saturated carbocycles. The van der Waals surface area contributed by atoms with Gasteiger partial charge in [-0.2, -0.15) is 0 Å². The standard InChI is InChI=1S/C30H23N3O5S/c1-2-19-10-13-22(14-11-19)32-29(35)26(28(34)31-30(32)39)17-25-24-9-4-3-7-21(24)12-15-27(25)38-18-20-6-5-8-23(16-20)33(36)37/h3-17H,2,18H2,1H3,(H,31,34,39)/b26-17+. The van der Waals surface area contributed by atoms with Gasteiger partial charge in [0.2, 0.25) is 0 Å². The summed E-state index contributed by atoms with van der Waals surface area (Å²) in [7, 11) is 0. The fourth-order valence-electron chi connectivity index (χ4n) is 4.39. The second-order valence-electron chi connectivity index (χ2n) is 8.89. The molecule has 0 unspecified atom stereocenters. The SMILES string of the molecule is CCc1ccc(N2C(=O)/C(=C/c3c(OCc4cccc([N+](=O)[O-])c4)ccc4ccccc34)C(=O)NC2=S)cc1. The van der Waals surface area contributed by atoms with Crippen molar-refractivity contribution in [3.63, 3.8) is 0 Å². The van der Waals surface area contributed by atoms with E-state index in [0.29, 0.717) is 22.6 Å². The lowest BCUT2D eigenvalue weighted by molar-refractivity contribution is -0.384. The number of nitro groups is 1. The lowest BCUT2D eigenvalue weighted by atomic mass is 9.99. The molecule has 1 fully saturated rings. The van der Waals surface area contributed by atoms with Gasteiger partial charge in [-0.15, -0.1) is 0 Å². The Morgan fingerprint density at radius 3 is 2.49 bits per heavy atom. The van der Waals surface area contributed by atoms with E-state index in [0.717, 1.165) is 22.8 Å². The lowest BCUT2D eigenvalue weighted by Crippen LogP contribution is -2.54. The molecule has 1 saturated heterocycles. The normalized spacial score (nSPS) is 14.5. The summed E-state index contributed by atoms with van der Waals surface area (Å²) < 4.78 is 6.09. The first-order valence-corrected chi connectivity index (χ1v) is 12.6. The molecule has 8 nitrogen and oxygen atoms in total. The second kappa shape index (κ2) is 10.8. The molecule has 0 bridgehead atoms. The molecule has 2 amide bonds. The number of nitrogens with zero attached hydrogens (tertiary/aromatic N) is 2. The first-order valence-electron chi connectivity index (χ1n) is 12.2. The van der Waals surface area contributed by atoms with Crippen LogP contribution in [0.15, 0.2) is 90.5 Å². The van der Waals surface area contributed by atoms with Crippen LogP contribution in [0.5, 0.6) is 5.75 Å². The van der Waals surface area contributed by atoms with Crippen molar-refractivity contribution < 1.29 is 19.2 Å². The van der Waals surface area contributed by atoms with Crippen molar-refractivity contribution in [3.8, 4) is 5.75 Å². The molecule has 1 aliphatic rings. The molecule has 1 N–H and O–H groups in total. The maximum absolute atomic E-state index is 13.6. The molecular formula is C30H23N3O5S. The minimum atomic E-state index is -0.607. The first-order chi connectivity index (χ1) is 18.9. The molecule has 0 aliphatic carbocycles. The van der Waals surface area contributed by atoms with Gasteiger partial charge in [0.1, 0.15) is 17.9 Å². The molecule has 0 aromatic heterocycles. The van der Waals surface area contributed by atoms with Crippen molar-refractivity contribution in [2.24, 2.45) is 0 Å². The molecule has 0 atom stereocenters. The summed E-state index contributed by atoms with van der Waals surface area (Å²) in [5, 5.41) is 15.5. The van der Waals surface area contributed by atoms with Crippen LogP contribution in [-0.2, 0) is 22.6 Å². The number of carbonyl (C=O) groups excluding carboxylic acids is 2. The van der Waals surface area contributed by atoms with Gasteiger partial charge in [-0.3, -0.25) is 29.9 Å². The Morgan fingerprint density at radius 2 is 1.74 bits per heavy atom. The predicted octanol–water partition coefficient (Wildman–Crippen LogP) is 5.72. The largest absolute Gasteiger partial charge is 0.488 e. The fraction of sp³-hybridized carbons (Fsp3) is 0.100. The Labute approximate surface area is 229 Å². The predicted molar refractivity (Wildman–Crippen MR) is 153 cm³/mol. The Kier molecular flexibility index (Phi) is 7.16. The number of thiocarbonyl (C=S) groups is 1. The maximum Gasteiger partial charge on any atom is 0.270 e. The molecular weight excluding hydrogens is 514 g/mol. The number of hydrogen-bond acceptors (Lipinski definition) is 6. The zero-order valence-corrected chi connectivity index (χ0v) is 21.7. The molecule has 0 spiro atoms. The van der Waals surface area contributed by atoms with Gasteiger partial charge in [0.05, 0.1) is 10.6 Å². The summed E-state index contributed by atoms with van der Waals surface area (Å²) in [6.45, 7) is 2.09. The Hall–Kier alpha value is -4.89. The molecule has 194 valence electrons. The number of hydrogen-bond donors (Lipinski definition) is 1. The van der Waals surface area contributed by atoms with E-state index in [1.807, 2.05) is 49.4 Å². The van der Waals surface area contributed by atoms with E-state index in [2.05, 4.69) is 5.32 Å². The fourth-order valence-corrected chi connectivity index (χ4v) is 4.67. The quantitative estimate of drug-likeness (QED) is 0.106. The van der Waals surface area contributed by atoms with Crippen LogP contribution in [0.2, 0.25) is 0 Å². The molecule has 5 rings (SSSR count). The summed E-state index contributed by atoms with van der Waals surface area (Å²) in [6.07, 6.45) is 2.36. The summed E-state index contributed by atoms with van der Waals surface area (Å²) >= 11 is 5.34. The zero-order chi connectivity index (χ0) is 27.5. The van der Waals surface area contributed by atoms with Crippen LogP contribution < -0.4 is 15.0 Å². The van der Waals surface area contributed by atoms with Crippen molar-refractivity contribution in [2.75, 3.05) is 4.90 Å². The Morgan fingerprint density at radius 1 is 0.974 bits per heavy atom. The molecule has 0 radical (unpaired) electrons. The van der Waals surface area contributed by atoms with Crippen LogP contribution in [0.1, 0.15) is 23.6 Å². The van der Waals surface area contributed by atoms with Crippen LogP contribution in [0.4, 0.5) is 11.4 Å². The number of amides is 2. The summed E-state index contributed by atoms with van der Waals surface area (Å²) in [5.41, 5.74) is 2.66. The number of fused-ring (bicyclic) bond motifs is 1. The van der Waals surface area contributed by atoms with Crippen LogP contribution in [-0.4, -0.2) is 21.9 Å². The van der Waals surface area contributed by atoms with Crippen molar-refractivity contribution >= 4 is 57.4 Å². The number of benzene rings is 4. The van der Waals surface area contributed by atoms with Gasteiger partial charge in [-0.05, 0) is 64.8 Å². The molecule has 9 heteroatoms. The lowest BCUT2D eigenvalue weighted by Gasteiger charge is -2.29. The second-order valence-corrected chi connectivity index (χ2v) is 9.28. The highest BCUT2D eigenvalue weighted by atomic mass is 32.1. The molecule has 1 heterocycles. The highest BCUT2D eigenvalue weighted by molar-refractivity contribution is 7.80. The number of ether oxygens (including phenoxy) is 1. The molecule has 4 aromatic rings.